The average Bonchev–Trinajstić information content (AvgIpc) is 2.47. The third kappa shape index (κ3) is 3.14. The molecule has 0 N–H and O–H groups in total. The number of carbonyl (C=O) groups is 1. The predicted molar refractivity (Wildman–Crippen MR) is 68.8 cm³/mol. The minimum Gasteiger partial charge on any atom is -0.463 e. The molecule has 0 fully saturated rings. The Bertz CT molecular complexity index is 426. The van der Waals surface area contributed by atoms with Gasteiger partial charge in [-0.05, 0) is 6.92 Å². The van der Waals surface area contributed by atoms with Crippen LogP contribution in [0.2, 0.25) is 14.4 Å². The first-order valence-electron chi connectivity index (χ1n) is 4.44. The fourth-order valence-electron chi connectivity index (χ4n) is 1.02. The van der Waals surface area contributed by atoms with Crippen molar-refractivity contribution in [1.29, 1.82) is 0 Å². The van der Waals surface area contributed by atoms with E-state index in [1.807, 2.05) is 0 Å². The van der Waals surface area contributed by atoms with Crippen molar-refractivity contribution in [3.05, 3.63) is 31.4 Å². The number of ether oxygens (including phenoxy) is 1. The van der Waals surface area contributed by atoms with Gasteiger partial charge in [0.05, 0.1) is 16.7 Å². The Labute approximate surface area is 113 Å². The summed E-state index contributed by atoms with van der Waals surface area (Å²) in [6, 6.07) is 0. The SMILES string of the molecule is C=C(Cc1sc(Cl)c(Cl)c1Cl)C(=O)OCC. The summed E-state index contributed by atoms with van der Waals surface area (Å²) in [6.45, 7) is 5.69. The lowest BCUT2D eigenvalue weighted by molar-refractivity contribution is -0.138. The molecule has 0 bridgehead atoms. The Morgan fingerprint density at radius 2 is 2.00 bits per heavy atom. The molecule has 0 aliphatic carbocycles. The number of halogens is 3. The van der Waals surface area contributed by atoms with Gasteiger partial charge >= 0.3 is 5.97 Å². The number of esters is 1. The van der Waals surface area contributed by atoms with Crippen molar-refractivity contribution in [2.45, 2.75) is 13.3 Å². The van der Waals surface area contributed by atoms with E-state index in [0.717, 1.165) is 4.88 Å². The molecule has 1 heterocycles. The van der Waals surface area contributed by atoms with Gasteiger partial charge in [-0.1, -0.05) is 41.4 Å². The van der Waals surface area contributed by atoms with E-state index < -0.39 is 5.97 Å². The van der Waals surface area contributed by atoms with Gasteiger partial charge < -0.3 is 4.74 Å². The zero-order valence-electron chi connectivity index (χ0n) is 8.48. The van der Waals surface area contributed by atoms with E-state index in [2.05, 4.69) is 6.58 Å². The highest BCUT2D eigenvalue weighted by Gasteiger charge is 2.17. The molecule has 6 heteroatoms. The lowest BCUT2D eigenvalue weighted by Crippen LogP contribution is -2.08. The molecule has 0 atom stereocenters. The normalized spacial score (nSPS) is 10.2. The standard InChI is InChI=1S/C10H9Cl3O2S/c1-3-15-10(14)5(2)4-6-7(11)8(12)9(13)16-6/h2-4H2,1H3. The monoisotopic (exact) mass is 298 g/mol. The van der Waals surface area contributed by atoms with Crippen molar-refractivity contribution < 1.29 is 9.53 Å². The second-order valence-electron chi connectivity index (χ2n) is 2.93. The molecule has 16 heavy (non-hydrogen) atoms. The lowest BCUT2D eigenvalue weighted by atomic mass is 10.2. The zero-order valence-corrected chi connectivity index (χ0v) is 11.6. The Morgan fingerprint density at radius 1 is 1.38 bits per heavy atom. The summed E-state index contributed by atoms with van der Waals surface area (Å²) in [5.74, 6) is -0.431. The van der Waals surface area contributed by atoms with Crippen molar-refractivity contribution >= 4 is 52.1 Å². The van der Waals surface area contributed by atoms with Crippen LogP contribution in [0.1, 0.15) is 11.8 Å². The number of rotatable bonds is 4. The van der Waals surface area contributed by atoms with Gasteiger partial charge in [0, 0.05) is 16.9 Å². The molecule has 0 saturated carbocycles. The van der Waals surface area contributed by atoms with Crippen LogP contribution in [0.4, 0.5) is 0 Å². The molecule has 88 valence electrons. The summed E-state index contributed by atoms with van der Waals surface area (Å²) in [5.41, 5.74) is 0.332. The van der Waals surface area contributed by atoms with Crippen LogP contribution in [0.25, 0.3) is 0 Å². The van der Waals surface area contributed by atoms with E-state index in [1.165, 1.54) is 11.3 Å². The van der Waals surface area contributed by atoms with Gasteiger partial charge in [0.2, 0.25) is 0 Å². The summed E-state index contributed by atoms with van der Waals surface area (Å²) < 4.78 is 5.22. The number of thiophene rings is 1. The van der Waals surface area contributed by atoms with Gasteiger partial charge in [0.1, 0.15) is 4.34 Å². The van der Waals surface area contributed by atoms with Crippen molar-refractivity contribution in [2.24, 2.45) is 0 Å². The van der Waals surface area contributed by atoms with Crippen LogP contribution >= 0.6 is 46.1 Å². The van der Waals surface area contributed by atoms with Gasteiger partial charge in [-0.15, -0.1) is 11.3 Å². The third-order valence-electron chi connectivity index (χ3n) is 1.76. The number of hydrogen-bond donors (Lipinski definition) is 0. The molecule has 0 radical (unpaired) electrons. The van der Waals surface area contributed by atoms with E-state index in [9.17, 15) is 4.79 Å². The maximum absolute atomic E-state index is 11.3. The highest BCUT2D eigenvalue weighted by atomic mass is 35.5. The van der Waals surface area contributed by atoms with E-state index in [1.54, 1.807) is 6.92 Å². The average molecular weight is 300 g/mol. The molecule has 0 unspecified atom stereocenters. The van der Waals surface area contributed by atoms with Gasteiger partial charge in [0.25, 0.3) is 0 Å². The summed E-state index contributed by atoms with van der Waals surface area (Å²) in [7, 11) is 0. The van der Waals surface area contributed by atoms with Crippen LogP contribution in [0.3, 0.4) is 0 Å². The quantitative estimate of drug-likeness (QED) is 0.609. The Kier molecular flexibility index (Phi) is 5.12. The molecule has 0 aliphatic heterocycles. The van der Waals surface area contributed by atoms with E-state index in [4.69, 9.17) is 39.5 Å². The Morgan fingerprint density at radius 3 is 2.44 bits per heavy atom. The highest BCUT2D eigenvalue weighted by molar-refractivity contribution is 7.17. The summed E-state index contributed by atoms with van der Waals surface area (Å²) in [6.07, 6.45) is 0.300. The first-order valence-corrected chi connectivity index (χ1v) is 6.39. The minimum atomic E-state index is -0.431. The molecule has 0 saturated heterocycles. The molecular weight excluding hydrogens is 291 g/mol. The van der Waals surface area contributed by atoms with Crippen LogP contribution in [-0.4, -0.2) is 12.6 Å². The Balaban J connectivity index is 2.77. The molecule has 1 aromatic rings. The topological polar surface area (TPSA) is 26.3 Å². The maximum Gasteiger partial charge on any atom is 0.333 e. The third-order valence-corrected chi connectivity index (χ3v) is 4.37. The van der Waals surface area contributed by atoms with Gasteiger partial charge in [-0.3, -0.25) is 0 Å². The van der Waals surface area contributed by atoms with Crippen molar-refractivity contribution in [3.8, 4) is 0 Å². The fraction of sp³-hybridized carbons (Fsp3) is 0.300. The first kappa shape index (κ1) is 13.8. The Hall–Kier alpha value is -0.220. The fourth-order valence-corrected chi connectivity index (χ4v) is 2.91. The number of hydrogen-bond acceptors (Lipinski definition) is 3. The smallest absolute Gasteiger partial charge is 0.333 e. The second kappa shape index (κ2) is 5.92. The molecular formula is C10H9Cl3O2S. The summed E-state index contributed by atoms with van der Waals surface area (Å²) in [5, 5.41) is 0.696. The van der Waals surface area contributed by atoms with Crippen LogP contribution < -0.4 is 0 Å². The second-order valence-corrected chi connectivity index (χ2v) is 5.39. The van der Waals surface area contributed by atoms with E-state index >= 15 is 0 Å². The number of carbonyl (C=O) groups excluding carboxylic acids is 1. The molecule has 0 aliphatic rings. The molecule has 2 nitrogen and oxygen atoms in total. The van der Waals surface area contributed by atoms with Gasteiger partial charge in [0.15, 0.2) is 0 Å². The summed E-state index contributed by atoms with van der Waals surface area (Å²) in [4.78, 5) is 12.0. The highest BCUT2D eigenvalue weighted by Crippen LogP contribution is 2.41. The van der Waals surface area contributed by atoms with Crippen LogP contribution in [0.15, 0.2) is 12.2 Å². The first-order chi connectivity index (χ1) is 7.47. The summed E-state index contributed by atoms with van der Waals surface area (Å²) >= 11 is 18.8. The zero-order chi connectivity index (χ0) is 12.3. The van der Waals surface area contributed by atoms with E-state index in [0.29, 0.717) is 33.0 Å². The molecule has 0 aromatic carbocycles. The molecule has 0 amide bonds. The van der Waals surface area contributed by atoms with E-state index in [-0.39, 0.29) is 0 Å². The van der Waals surface area contributed by atoms with Crippen LogP contribution in [0, 0.1) is 0 Å². The van der Waals surface area contributed by atoms with Gasteiger partial charge in [-0.2, -0.15) is 0 Å². The largest absolute Gasteiger partial charge is 0.463 e. The molecule has 0 spiro atoms. The lowest BCUT2D eigenvalue weighted by Gasteiger charge is -2.03. The van der Waals surface area contributed by atoms with Crippen molar-refractivity contribution in [2.75, 3.05) is 6.61 Å². The maximum atomic E-state index is 11.3. The van der Waals surface area contributed by atoms with Crippen LogP contribution in [0.5, 0.6) is 0 Å². The van der Waals surface area contributed by atoms with Crippen molar-refractivity contribution in [3.63, 3.8) is 0 Å². The molecule has 1 rings (SSSR count). The van der Waals surface area contributed by atoms with Crippen molar-refractivity contribution in [1.82, 2.24) is 0 Å². The minimum absolute atomic E-state index is 0.300. The molecule has 1 aromatic heterocycles. The van der Waals surface area contributed by atoms with Crippen LogP contribution in [-0.2, 0) is 16.0 Å². The van der Waals surface area contributed by atoms with Gasteiger partial charge in [-0.25, -0.2) is 4.79 Å². The predicted octanol–water partition coefficient (Wildman–Crippen LogP) is 4.37.